The maximum Gasteiger partial charge on any atom is 0.433 e. The van der Waals surface area contributed by atoms with Crippen LogP contribution in [0.3, 0.4) is 0 Å². The van der Waals surface area contributed by atoms with E-state index in [1.807, 2.05) is 39.0 Å². The zero-order chi connectivity index (χ0) is 18.4. The number of aryl methyl sites for hydroxylation is 1. The van der Waals surface area contributed by atoms with Gasteiger partial charge in [0.2, 0.25) is 0 Å². The molecule has 25 heavy (non-hydrogen) atoms. The fourth-order valence-corrected chi connectivity index (χ4v) is 2.58. The molecule has 0 atom stereocenters. The lowest BCUT2D eigenvalue weighted by Crippen LogP contribution is -2.13. The highest BCUT2D eigenvalue weighted by Crippen LogP contribution is 2.31. The fraction of sp³-hybridized carbons (Fsp3) is 0.278. The van der Waals surface area contributed by atoms with Crippen LogP contribution in [0.2, 0.25) is 0 Å². The molecule has 0 aliphatic rings. The van der Waals surface area contributed by atoms with Gasteiger partial charge in [0.1, 0.15) is 17.7 Å². The first-order chi connectivity index (χ1) is 11.6. The van der Waals surface area contributed by atoms with Crippen LogP contribution in [-0.2, 0) is 11.6 Å². The van der Waals surface area contributed by atoms with Crippen molar-refractivity contribution in [3.63, 3.8) is 0 Å². The quantitative estimate of drug-likeness (QED) is 0.686. The van der Waals surface area contributed by atoms with Crippen LogP contribution in [0.25, 0.3) is 16.9 Å². The molecule has 128 valence electrons. The summed E-state index contributed by atoms with van der Waals surface area (Å²) in [6.45, 7) is 5.54. The second kappa shape index (κ2) is 5.59. The number of aromatic nitrogens is 3. The van der Waals surface area contributed by atoms with Gasteiger partial charge in [0.05, 0.1) is 17.2 Å². The Kier molecular flexibility index (Phi) is 3.79. The summed E-state index contributed by atoms with van der Waals surface area (Å²) in [4.78, 5) is 7.71. The Morgan fingerprint density at radius 2 is 1.88 bits per heavy atom. The molecule has 0 N–H and O–H groups in total. The molecule has 7 heteroatoms. The molecule has 0 bridgehead atoms. The molecule has 4 nitrogen and oxygen atoms in total. The largest absolute Gasteiger partial charge is 0.433 e. The fourth-order valence-electron chi connectivity index (χ4n) is 2.58. The Morgan fingerprint density at radius 3 is 2.48 bits per heavy atom. The monoisotopic (exact) mass is 344 g/mol. The Bertz CT molecular complexity index is 994. The van der Waals surface area contributed by atoms with Crippen molar-refractivity contribution >= 4 is 5.65 Å². The van der Waals surface area contributed by atoms with Gasteiger partial charge in [0.25, 0.3) is 0 Å². The van der Waals surface area contributed by atoms with Gasteiger partial charge in [-0.3, -0.25) is 4.40 Å². The number of nitriles is 1. The third kappa shape index (κ3) is 3.07. The Labute approximate surface area is 142 Å². The highest BCUT2D eigenvalue weighted by molar-refractivity contribution is 5.67. The van der Waals surface area contributed by atoms with E-state index < -0.39 is 17.3 Å². The topological polar surface area (TPSA) is 54.0 Å². The standard InChI is InChI=1S/C18H15F3N4/c1-11-6-12(17(2,3)9-22)4-5-13(11)14-8-25-10-23-15(18(19,20)21)7-16(25)24-14/h4-8,10H,1-3H3. The van der Waals surface area contributed by atoms with Gasteiger partial charge < -0.3 is 0 Å². The lowest BCUT2D eigenvalue weighted by Gasteiger charge is -2.17. The van der Waals surface area contributed by atoms with Gasteiger partial charge >= 0.3 is 6.18 Å². The van der Waals surface area contributed by atoms with E-state index in [1.54, 1.807) is 6.20 Å². The summed E-state index contributed by atoms with van der Waals surface area (Å²) < 4.78 is 39.8. The molecule has 3 rings (SSSR count). The molecule has 0 spiro atoms. The zero-order valence-electron chi connectivity index (χ0n) is 13.9. The number of imidazole rings is 1. The third-order valence-corrected chi connectivity index (χ3v) is 4.14. The number of halogens is 3. The summed E-state index contributed by atoms with van der Waals surface area (Å²) in [5, 5.41) is 9.25. The van der Waals surface area contributed by atoms with E-state index in [0.29, 0.717) is 5.69 Å². The molecule has 2 aromatic heterocycles. The lowest BCUT2D eigenvalue weighted by molar-refractivity contribution is -0.141. The molecule has 0 saturated carbocycles. The van der Waals surface area contributed by atoms with Crippen molar-refractivity contribution in [2.45, 2.75) is 32.4 Å². The van der Waals surface area contributed by atoms with Crippen molar-refractivity contribution in [3.05, 3.63) is 53.6 Å². The highest BCUT2D eigenvalue weighted by Gasteiger charge is 2.33. The van der Waals surface area contributed by atoms with E-state index in [0.717, 1.165) is 29.1 Å². The van der Waals surface area contributed by atoms with E-state index in [-0.39, 0.29) is 5.65 Å². The first-order valence-electron chi connectivity index (χ1n) is 7.56. The van der Waals surface area contributed by atoms with Crippen molar-refractivity contribution < 1.29 is 13.2 Å². The number of nitrogens with zero attached hydrogens (tertiary/aromatic N) is 4. The molecule has 0 saturated heterocycles. The van der Waals surface area contributed by atoms with Crippen molar-refractivity contribution in [1.29, 1.82) is 5.26 Å². The Balaban J connectivity index is 2.07. The average molecular weight is 344 g/mol. The number of hydrogen-bond acceptors (Lipinski definition) is 3. The Morgan fingerprint density at radius 1 is 1.16 bits per heavy atom. The van der Waals surface area contributed by atoms with Crippen LogP contribution >= 0.6 is 0 Å². The van der Waals surface area contributed by atoms with Gasteiger partial charge in [0.15, 0.2) is 0 Å². The smallest absolute Gasteiger partial charge is 0.290 e. The van der Waals surface area contributed by atoms with Gasteiger partial charge in [0, 0.05) is 17.8 Å². The minimum Gasteiger partial charge on any atom is -0.290 e. The molecule has 0 aliphatic heterocycles. The lowest BCUT2D eigenvalue weighted by atomic mass is 9.84. The number of rotatable bonds is 2. The number of hydrogen-bond donors (Lipinski definition) is 0. The summed E-state index contributed by atoms with van der Waals surface area (Å²) in [7, 11) is 0. The molecule has 1 aromatic carbocycles. The van der Waals surface area contributed by atoms with Crippen molar-refractivity contribution in [1.82, 2.24) is 14.4 Å². The predicted octanol–water partition coefficient (Wildman–Crippen LogP) is 4.52. The number of fused-ring (bicyclic) bond motifs is 1. The molecular weight excluding hydrogens is 329 g/mol. The SMILES string of the molecule is Cc1cc(C(C)(C)C#N)ccc1-c1cn2cnc(C(F)(F)F)cc2n1. The van der Waals surface area contributed by atoms with Crippen molar-refractivity contribution in [2.24, 2.45) is 0 Å². The second-order valence-electron chi connectivity index (χ2n) is 6.43. The number of benzene rings is 1. The van der Waals surface area contributed by atoms with Crippen molar-refractivity contribution in [2.75, 3.05) is 0 Å². The molecule has 0 fully saturated rings. The van der Waals surface area contributed by atoms with E-state index in [9.17, 15) is 18.4 Å². The van der Waals surface area contributed by atoms with E-state index in [2.05, 4.69) is 16.0 Å². The summed E-state index contributed by atoms with van der Waals surface area (Å²) >= 11 is 0. The Hall–Kier alpha value is -2.88. The maximum absolute atomic E-state index is 12.8. The van der Waals surface area contributed by atoms with Crippen LogP contribution in [0.4, 0.5) is 13.2 Å². The summed E-state index contributed by atoms with van der Waals surface area (Å²) in [6.07, 6.45) is -1.76. The van der Waals surface area contributed by atoms with Crippen LogP contribution in [-0.4, -0.2) is 14.4 Å². The van der Waals surface area contributed by atoms with Crippen LogP contribution in [0.1, 0.15) is 30.7 Å². The van der Waals surface area contributed by atoms with E-state index >= 15 is 0 Å². The molecule has 0 unspecified atom stereocenters. The van der Waals surface area contributed by atoms with Crippen LogP contribution in [0.5, 0.6) is 0 Å². The third-order valence-electron chi connectivity index (χ3n) is 4.14. The van der Waals surface area contributed by atoms with Gasteiger partial charge in [-0.25, -0.2) is 9.97 Å². The van der Waals surface area contributed by atoms with Crippen LogP contribution in [0, 0.1) is 18.3 Å². The van der Waals surface area contributed by atoms with E-state index in [1.165, 1.54) is 4.40 Å². The minimum absolute atomic E-state index is 0.179. The molecule has 2 heterocycles. The van der Waals surface area contributed by atoms with Gasteiger partial charge in [-0.2, -0.15) is 18.4 Å². The summed E-state index contributed by atoms with van der Waals surface area (Å²) in [5.41, 5.74) is 1.72. The number of alkyl halides is 3. The van der Waals surface area contributed by atoms with Gasteiger partial charge in [-0.15, -0.1) is 0 Å². The van der Waals surface area contributed by atoms with Crippen molar-refractivity contribution in [3.8, 4) is 17.3 Å². The normalized spacial score (nSPS) is 12.4. The van der Waals surface area contributed by atoms with Crippen LogP contribution in [0.15, 0.2) is 36.8 Å². The average Bonchev–Trinajstić information content (AvgIpc) is 2.96. The van der Waals surface area contributed by atoms with Gasteiger partial charge in [-0.05, 0) is 31.9 Å². The second-order valence-corrected chi connectivity index (χ2v) is 6.43. The maximum atomic E-state index is 12.8. The zero-order valence-corrected chi connectivity index (χ0v) is 13.9. The first-order valence-corrected chi connectivity index (χ1v) is 7.56. The van der Waals surface area contributed by atoms with E-state index in [4.69, 9.17) is 0 Å². The molecular formula is C18H15F3N4. The minimum atomic E-state index is -4.51. The molecule has 0 amide bonds. The summed E-state index contributed by atoms with van der Waals surface area (Å²) in [5.74, 6) is 0. The highest BCUT2D eigenvalue weighted by atomic mass is 19.4. The van der Waals surface area contributed by atoms with Gasteiger partial charge in [-0.1, -0.05) is 18.2 Å². The first kappa shape index (κ1) is 17.0. The predicted molar refractivity (Wildman–Crippen MR) is 86.8 cm³/mol. The molecule has 3 aromatic rings. The van der Waals surface area contributed by atoms with Crippen LogP contribution < -0.4 is 0 Å². The molecule has 0 radical (unpaired) electrons. The molecule has 0 aliphatic carbocycles. The summed E-state index contributed by atoms with van der Waals surface area (Å²) in [6, 6.07) is 8.76.